The van der Waals surface area contributed by atoms with Crippen LogP contribution in [-0.4, -0.2) is 30.2 Å². The van der Waals surface area contributed by atoms with Gasteiger partial charge in [-0.2, -0.15) is 0 Å². The summed E-state index contributed by atoms with van der Waals surface area (Å²) in [6.45, 7) is 3.76. The first kappa shape index (κ1) is 15.6. The van der Waals surface area contributed by atoms with Crippen LogP contribution in [0.25, 0.3) is 0 Å². The third-order valence-electron chi connectivity index (χ3n) is 2.75. The summed E-state index contributed by atoms with van der Waals surface area (Å²) in [5.41, 5.74) is 0.721. The van der Waals surface area contributed by atoms with Crippen molar-refractivity contribution < 1.29 is 18.8 Å². The average Bonchev–Trinajstić information content (AvgIpc) is 2.91. The van der Waals surface area contributed by atoms with Gasteiger partial charge >= 0.3 is 5.97 Å². The number of anilines is 2. The van der Waals surface area contributed by atoms with Crippen LogP contribution in [0.4, 0.5) is 11.5 Å². The van der Waals surface area contributed by atoms with Crippen LogP contribution in [0.1, 0.15) is 23.0 Å². The standard InChI is InChI=1S/C15H17N3O4/c1-3-21-15(20)11-6-4-5-7-12(11)17-14(19)9-16-13-8-10(2)22-18-13/h4-8H,3,9H2,1-2H3,(H,16,18)(H,17,19). The van der Waals surface area contributed by atoms with E-state index in [0.717, 1.165) is 0 Å². The highest BCUT2D eigenvalue weighted by atomic mass is 16.5. The molecule has 0 spiro atoms. The normalized spacial score (nSPS) is 10.1. The zero-order valence-corrected chi connectivity index (χ0v) is 12.4. The Labute approximate surface area is 127 Å². The number of nitrogens with one attached hydrogen (secondary N) is 2. The molecule has 0 aliphatic rings. The maximum atomic E-state index is 11.9. The summed E-state index contributed by atoms with van der Waals surface area (Å²) < 4.78 is 9.84. The molecule has 22 heavy (non-hydrogen) atoms. The van der Waals surface area contributed by atoms with Gasteiger partial charge in [0.15, 0.2) is 5.82 Å². The molecule has 0 fully saturated rings. The molecular weight excluding hydrogens is 286 g/mol. The van der Waals surface area contributed by atoms with Crippen molar-refractivity contribution in [1.82, 2.24) is 5.16 Å². The number of hydrogen-bond acceptors (Lipinski definition) is 6. The van der Waals surface area contributed by atoms with Gasteiger partial charge in [-0.3, -0.25) is 4.79 Å². The molecule has 0 radical (unpaired) electrons. The van der Waals surface area contributed by atoms with Crippen molar-refractivity contribution in [2.75, 3.05) is 23.8 Å². The smallest absolute Gasteiger partial charge is 0.340 e. The van der Waals surface area contributed by atoms with Crippen LogP contribution in [0.15, 0.2) is 34.9 Å². The number of aromatic nitrogens is 1. The topological polar surface area (TPSA) is 93.5 Å². The van der Waals surface area contributed by atoms with Crippen LogP contribution >= 0.6 is 0 Å². The molecule has 1 aromatic heterocycles. The highest BCUT2D eigenvalue weighted by molar-refractivity contribution is 6.02. The lowest BCUT2D eigenvalue weighted by Crippen LogP contribution is -2.23. The summed E-state index contributed by atoms with van der Waals surface area (Å²) in [6, 6.07) is 8.36. The molecular formula is C15H17N3O4. The number of carbonyl (C=O) groups is 2. The van der Waals surface area contributed by atoms with Gasteiger partial charge in [-0.15, -0.1) is 0 Å². The van der Waals surface area contributed by atoms with Gasteiger partial charge in [-0.25, -0.2) is 4.79 Å². The van der Waals surface area contributed by atoms with E-state index in [1.54, 1.807) is 44.2 Å². The number of esters is 1. The van der Waals surface area contributed by atoms with Crippen LogP contribution in [0, 0.1) is 6.92 Å². The molecule has 0 aliphatic heterocycles. The van der Waals surface area contributed by atoms with Gasteiger partial charge in [0.1, 0.15) is 5.76 Å². The van der Waals surface area contributed by atoms with Crippen molar-refractivity contribution in [3.05, 3.63) is 41.7 Å². The molecule has 1 heterocycles. The number of aryl methyl sites for hydroxylation is 1. The van der Waals surface area contributed by atoms with Gasteiger partial charge in [-0.05, 0) is 26.0 Å². The molecule has 2 aromatic rings. The minimum atomic E-state index is -0.474. The molecule has 0 aliphatic carbocycles. The van der Waals surface area contributed by atoms with E-state index < -0.39 is 5.97 Å². The lowest BCUT2D eigenvalue weighted by molar-refractivity contribution is -0.114. The second kappa shape index (κ2) is 7.26. The Morgan fingerprint density at radius 1 is 1.32 bits per heavy atom. The van der Waals surface area contributed by atoms with Crippen molar-refractivity contribution in [1.29, 1.82) is 0 Å². The molecule has 0 atom stereocenters. The molecule has 2 N–H and O–H groups in total. The molecule has 0 saturated heterocycles. The third-order valence-corrected chi connectivity index (χ3v) is 2.75. The summed E-state index contributed by atoms with van der Waals surface area (Å²) in [5.74, 6) is 0.345. The molecule has 7 heteroatoms. The van der Waals surface area contributed by atoms with Crippen molar-refractivity contribution in [2.24, 2.45) is 0 Å². The van der Waals surface area contributed by atoms with Crippen LogP contribution in [0.3, 0.4) is 0 Å². The molecule has 1 amide bonds. The number of benzene rings is 1. The lowest BCUT2D eigenvalue weighted by atomic mass is 10.2. The second-order valence-electron chi connectivity index (χ2n) is 4.49. The fourth-order valence-corrected chi connectivity index (χ4v) is 1.79. The van der Waals surface area contributed by atoms with Gasteiger partial charge < -0.3 is 19.9 Å². The highest BCUT2D eigenvalue weighted by Gasteiger charge is 2.14. The Hall–Kier alpha value is -2.83. The zero-order chi connectivity index (χ0) is 15.9. The third kappa shape index (κ3) is 4.08. The Morgan fingerprint density at radius 2 is 2.09 bits per heavy atom. The van der Waals surface area contributed by atoms with Crippen molar-refractivity contribution in [3.8, 4) is 0 Å². The van der Waals surface area contributed by atoms with E-state index in [1.165, 1.54) is 0 Å². The van der Waals surface area contributed by atoms with E-state index >= 15 is 0 Å². The number of para-hydroxylation sites is 1. The number of nitrogens with zero attached hydrogens (tertiary/aromatic N) is 1. The molecule has 2 rings (SSSR count). The van der Waals surface area contributed by atoms with E-state index in [-0.39, 0.29) is 19.1 Å². The minimum Gasteiger partial charge on any atom is -0.462 e. The van der Waals surface area contributed by atoms with Crippen molar-refractivity contribution in [3.63, 3.8) is 0 Å². The predicted octanol–water partition coefficient (Wildman–Crippen LogP) is 2.21. The molecule has 1 aromatic carbocycles. The summed E-state index contributed by atoms with van der Waals surface area (Å²) in [7, 11) is 0. The summed E-state index contributed by atoms with van der Waals surface area (Å²) in [4.78, 5) is 23.8. The van der Waals surface area contributed by atoms with Gasteiger partial charge in [0.25, 0.3) is 0 Å². The quantitative estimate of drug-likeness (QED) is 0.795. The van der Waals surface area contributed by atoms with E-state index in [0.29, 0.717) is 22.8 Å². The van der Waals surface area contributed by atoms with Crippen molar-refractivity contribution >= 4 is 23.4 Å². The SMILES string of the molecule is CCOC(=O)c1ccccc1NC(=O)CNc1cc(C)on1. The summed E-state index contributed by atoms with van der Waals surface area (Å²) >= 11 is 0. The van der Waals surface area contributed by atoms with E-state index in [4.69, 9.17) is 9.26 Å². The fourth-order valence-electron chi connectivity index (χ4n) is 1.79. The number of ether oxygens (including phenoxy) is 1. The lowest BCUT2D eigenvalue weighted by Gasteiger charge is -2.10. The maximum Gasteiger partial charge on any atom is 0.340 e. The Kier molecular flexibility index (Phi) is 5.13. The number of amides is 1. The van der Waals surface area contributed by atoms with Crippen molar-refractivity contribution in [2.45, 2.75) is 13.8 Å². The maximum absolute atomic E-state index is 11.9. The predicted molar refractivity (Wildman–Crippen MR) is 80.8 cm³/mol. The fraction of sp³-hybridized carbons (Fsp3) is 0.267. The van der Waals surface area contributed by atoms with Crippen LogP contribution in [0.2, 0.25) is 0 Å². The first-order valence-corrected chi connectivity index (χ1v) is 6.83. The number of carbonyl (C=O) groups excluding carboxylic acids is 2. The molecule has 7 nitrogen and oxygen atoms in total. The summed E-state index contributed by atoms with van der Waals surface area (Å²) in [6.07, 6.45) is 0. The molecule has 0 saturated carbocycles. The van der Waals surface area contributed by atoms with Crippen LogP contribution in [0.5, 0.6) is 0 Å². The molecule has 0 unspecified atom stereocenters. The molecule has 0 bridgehead atoms. The summed E-state index contributed by atoms with van der Waals surface area (Å²) in [5, 5.41) is 9.22. The largest absolute Gasteiger partial charge is 0.462 e. The van der Waals surface area contributed by atoms with Gasteiger partial charge in [0.05, 0.1) is 24.4 Å². The van der Waals surface area contributed by atoms with Gasteiger partial charge in [0.2, 0.25) is 5.91 Å². The number of hydrogen-bond donors (Lipinski definition) is 2. The zero-order valence-electron chi connectivity index (χ0n) is 12.4. The van der Waals surface area contributed by atoms with E-state index in [9.17, 15) is 9.59 Å². The monoisotopic (exact) mass is 303 g/mol. The minimum absolute atomic E-state index is 0.00311. The van der Waals surface area contributed by atoms with Gasteiger partial charge in [-0.1, -0.05) is 17.3 Å². The van der Waals surface area contributed by atoms with Gasteiger partial charge in [0, 0.05) is 6.07 Å². The van der Waals surface area contributed by atoms with Crippen LogP contribution < -0.4 is 10.6 Å². The Bertz CT molecular complexity index is 666. The Morgan fingerprint density at radius 3 is 2.77 bits per heavy atom. The van der Waals surface area contributed by atoms with Crippen LogP contribution in [-0.2, 0) is 9.53 Å². The molecule has 116 valence electrons. The van der Waals surface area contributed by atoms with E-state index in [1.807, 2.05) is 0 Å². The average molecular weight is 303 g/mol. The van der Waals surface area contributed by atoms with E-state index in [2.05, 4.69) is 15.8 Å². The first-order chi connectivity index (χ1) is 10.6. The highest BCUT2D eigenvalue weighted by Crippen LogP contribution is 2.16. The first-order valence-electron chi connectivity index (χ1n) is 6.83. The second-order valence-corrected chi connectivity index (χ2v) is 4.49. The Balaban J connectivity index is 1.97. The number of rotatable bonds is 6.